The molecule has 2 aromatic carbocycles. The lowest BCUT2D eigenvalue weighted by Gasteiger charge is -2.12. The molecule has 0 atom stereocenters. The molecule has 0 aliphatic heterocycles. The largest absolute Gasteiger partial charge is 0.488 e. The lowest BCUT2D eigenvalue weighted by molar-refractivity contribution is -0.137. The summed E-state index contributed by atoms with van der Waals surface area (Å²) in [6.45, 7) is -0.401. The van der Waals surface area contributed by atoms with E-state index in [1.165, 1.54) is 18.2 Å². The van der Waals surface area contributed by atoms with E-state index in [0.717, 1.165) is 23.5 Å². The molecule has 0 unspecified atom stereocenters. The van der Waals surface area contributed by atoms with E-state index in [-0.39, 0.29) is 23.8 Å². The highest BCUT2D eigenvalue weighted by molar-refractivity contribution is 7.19. The SMILES string of the molecule is OCc1ccc2sc(C(F)F)cc2c1OCc1ccc(C(F)(F)F)cc1. The van der Waals surface area contributed by atoms with Crippen LogP contribution in [0.15, 0.2) is 42.5 Å². The molecule has 2 nitrogen and oxygen atoms in total. The van der Waals surface area contributed by atoms with E-state index in [1.54, 1.807) is 12.1 Å². The normalized spacial score (nSPS) is 12.1. The van der Waals surface area contributed by atoms with Crippen LogP contribution in [0.4, 0.5) is 22.0 Å². The van der Waals surface area contributed by atoms with Gasteiger partial charge >= 0.3 is 6.18 Å². The first-order valence-corrected chi connectivity index (χ1v) is 8.34. The van der Waals surface area contributed by atoms with Crippen LogP contribution in [0.5, 0.6) is 5.75 Å². The van der Waals surface area contributed by atoms with Gasteiger partial charge in [0.05, 0.1) is 17.0 Å². The topological polar surface area (TPSA) is 29.5 Å². The molecule has 0 saturated carbocycles. The Balaban J connectivity index is 1.87. The molecular weight excluding hydrogens is 375 g/mol. The Morgan fingerprint density at radius 1 is 1.04 bits per heavy atom. The highest BCUT2D eigenvalue weighted by Gasteiger charge is 2.29. The second-order valence-electron chi connectivity index (χ2n) is 5.56. The molecule has 1 N–H and O–H groups in total. The van der Waals surface area contributed by atoms with Crippen LogP contribution in [0.2, 0.25) is 0 Å². The molecule has 0 bridgehead atoms. The van der Waals surface area contributed by atoms with Gasteiger partial charge in [-0.1, -0.05) is 18.2 Å². The van der Waals surface area contributed by atoms with Crippen molar-refractivity contribution in [1.82, 2.24) is 0 Å². The molecule has 138 valence electrons. The van der Waals surface area contributed by atoms with E-state index in [4.69, 9.17) is 4.74 Å². The van der Waals surface area contributed by atoms with E-state index >= 15 is 0 Å². The Morgan fingerprint density at radius 2 is 1.73 bits per heavy atom. The molecule has 0 saturated heterocycles. The maximum absolute atomic E-state index is 12.9. The molecule has 8 heteroatoms. The van der Waals surface area contributed by atoms with Crippen molar-refractivity contribution in [2.24, 2.45) is 0 Å². The van der Waals surface area contributed by atoms with Crippen molar-refractivity contribution in [3.63, 3.8) is 0 Å². The zero-order valence-corrected chi connectivity index (χ0v) is 14.0. The average Bonchev–Trinajstić information content (AvgIpc) is 3.04. The smallest absolute Gasteiger partial charge is 0.416 e. The summed E-state index contributed by atoms with van der Waals surface area (Å²) in [5.41, 5.74) is 0.144. The number of ether oxygens (including phenoxy) is 1. The fourth-order valence-corrected chi connectivity index (χ4v) is 3.42. The van der Waals surface area contributed by atoms with Crippen LogP contribution in [0.3, 0.4) is 0 Å². The Labute approximate surface area is 149 Å². The maximum atomic E-state index is 12.9. The number of benzene rings is 2. The van der Waals surface area contributed by atoms with Crippen LogP contribution in [0.25, 0.3) is 10.1 Å². The Hall–Kier alpha value is -2.19. The van der Waals surface area contributed by atoms with Crippen molar-refractivity contribution in [3.8, 4) is 5.75 Å². The fourth-order valence-electron chi connectivity index (χ4n) is 2.50. The molecule has 3 aromatic rings. The molecule has 0 radical (unpaired) electrons. The monoisotopic (exact) mass is 388 g/mol. The van der Waals surface area contributed by atoms with Gasteiger partial charge in [0.2, 0.25) is 0 Å². The third kappa shape index (κ3) is 3.81. The molecule has 0 aliphatic rings. The van der Waals surface area contributed by atoms with Crippen LogP contribution >= 0.6 is 11.3 Å². The number of rotatable bonds is 5. The van der Waals surface area contributed by atoms with Crippen molar-refractivity contribution in [1.29, 1.82) is 0 Å². The lowest BCUT2D eigenvalue weighted by Crippen LogP contribution is -2.05. The zero-order chi connectivity index (χ0) is 18.9. The third-order valence-corrected chi connectivity index (χ3v) is 4.91. The zero-order valence-electron chi connectivity index (χ0n) is 13.2. The summed E-state index contributed by atoms with van der Waals surface area (Å²) in [5, 5.41) is 9.92. The minimum Gasteiger partial charge on any atom is -0.488 e. The quantitative estimate of drug-likeness (QED) is 0.549. The molecule has 26 heavy (non-hydrogen) atoms. The van der Waals surface area contributed by atoms with Crippen molar-refractivity contribution in [3.05, 3.63) is 64.0 Å². The average molecular weight is 388 g/mol. The van der Waals surface area contributed by atoms with Crippen LogP contribution in [0, 0.1) is 0 Å². The van der Waals surface area contributed by atoms with E-state index in [0.29, 0.717) is 21.2 Å². The molecule has 0 spiro atoms. The van der Waals surface area contributed by atoms with Gasteiger partial charge in [-0.15, -0.1) is 11.3 Å². The predicted octanol–water partition coefficient (Wildman–Crippen LogP) is 5.93. The molecule has 0 aliphatic carbocycles. The summed E-state index contributed by atoms with van der Waals surface area (Å²) in [6, 6.07) is 9.00. The number of halogens is 5. The van der Waals surface area contributed by atoms with Gasteiger partial charge in [0, 0.05) is 15.6 Å². The van der Waals surface area contributed by atoms with Gasteiger partial charge in [0.15, 0.2) is 0 Å². The number of hydrogen-bond donors (Lipinski definition) is 1. The fraction of sp³-hybridized carbons (Fsp3) is 0.222. The van der Waals surface area contributed by atoms with Crippen LogP contribution in [-0.2, 0) is 19.4 Å². The van der Waals surface area contributed by atoms with Crippen molar-refractivity contribution in [2.75, 3.05) is 0 Å². The summed E-state index contributed by atoms with van der Waals surface area (Å²) >= 11 is 0.928. The minimum absolute atomic E-state index is 0.0515. The standard InChI is InChI=1S/C18H13F5O2S/c19-17(20)15-7-13-14(26-15)6-3-11(8-24)16(13)25-9-10-1-4-12(5-2-10)18(21,22)23/h1-7,17,24H,8-9H2. The van der Waals surface area contributed by atoms with E-state index in [1.807, 2.05) is 0 Å². The molecule has 3 rings (SSSR count). The van der Waals surface area contributed by atoms with Crippen molar-refractivity contribution < 1.29 is 31.8 Å². The molecular formula is C18H13F5O2S. The highest BCUT2D eigenvalue weighted by Crippen LogP contribution is 2.39. The first-order chi connectivity index (χ1) is 12.3. The lowest BCUT2D eigenvalue weighted by atomic mass is 10.1. The Morgan fingerprint density at radius 3 is 2.31 bits per heavy atom. The number of alkyl halides is 5. The number of aliphatic hydroxyl groups is 1. The summed E-state index contributed by atoms with van der Waals surface area (Å²) in [5.74, 6) is 0.257. The molecule has 0 fully saturated rings. The van der Waals surface area contributed by atoms with E-state index < -0.39 is 18.2 Å². The summed E-state index contributed by atoms with van der Waals surface area (Å²) in [7, 11) is 0. The second kappa shape index (κ2) is 7.20. The van der Waals surface area contributed by atoms with Crippen molar-refractivity contribution in [2.45, 2.75) is 25.8 Å². The van der Waals surface area contributed by atoms with Crippen LogP contribution in [0.1, 0.15) is 28.0 Å². The van der Waals surface area contributed by atoms with Crippen LogP contribution < -0.4 is 4.74 Å². The van der Waals surface area contributed by atoms with Gasteiger partial charge in [-0.05, 0) is 29.8 Å². The van der Waals surface area contributed by atoms with E-state index in [9.17, 15) is 27.1 Å². The highest BCUT2D eigenvalue weighted by atomic mass is 32.1. The first kappa shape index (κ1) is 18.6. The molecule has 0 amide bonds. The third-order valence-electron chi connectivity index (χ3n) is 3.80. The van der Waals surface area contributed by atoms with Gasteiger partial charge in [0.25, 0.3) is 6.43 Å². The first-order valence-electron chi connectivity index (χ1n) is 7.53. The number of aliphatic hydroxyl groups excluding tert-OH is 1. The van der Waals surface area contributed by atoms with E-state index in [2.05, 4.69) is 0 Å². The van der Waals surface area contributed by atoms with Gasteiger partial charge in [-0.25, -0.2) is 8.78 Å². The second-order valence-corrected chi connectivity index (χ2v) is 6.67. The van der Waals surface area contributed by atoms with Crippen LogP contribution in [-0.4, -0.2) is 5.11 Å². The molecule has 1 aromatic heterocycles. The van der Waals surface area contributed by atoms with Gasteiger partial charge < -0.3 is 9.84 Å². The van der Waals surface area contributed by atoms with Gasteiger partial charge in [-0.2, -0.15) is 13.2 Å². The summed E-state index contributed by atoms with van der Waals surface area (Å²) in [6.07, 6.45) is -7.04. The number of hydrogen-bond acceptors (Lipinski definition) is 3. The minimum atomic E-state index is -4.42. The van der Waals surface area contributed by atoms with Gasteiger partial charge in [0.1, 0.15) is 12.4 Å². The number of fused-ring (bicyclic) bond motifs is 1. The Kier molecular flexibility index (Phi) is 5.15. The maximum Gasteiger partial charge on any atom is 0.416 e. The summed E-state index contributed by atoms with van der Waals surface area (Å²) in [4.78, 5) is -0.116. The van der Waals surface area contributed by atoms with Gasteiger partial charge in [-0.3, -0.25) is 0 Å². The summed E-state index contributed by atoms with van der Waals surface area (Å²) < 4.78 is 69.9. The number of thiophene rings is 1. The molecule has 1 heterocycles. The van der Waals surface area contributed by atoms with Crippen molar-refractivity contribution >= 4 is 21.4 Å². The predicted molar refractivity (Wildman–Crippen MR) is 88.5 cm³/mol. The Bertz CT molecular complexity index is 900.